The van der Waals surface area contributed by atoms with Crippen LogP contribution < -0.4 is 5.01 Å². The average Bonchev–Trinajstić information content (AvgIpc) is 2.70. The van der Waals surface area contributed by atoms with Crippen LogP contribution in [0, 0.1) is 19.8 Å². The molecule has 3 rings (SSSR count). The number of anilines is 1. The summed E-state index contributed by atoms with van der Waals surface area (Å²) in [4.78, 5) is 39.4. The second-order valence-electron chi connectivity index (χ2n) is 8.10. The van der Waals surface area contributed by atoms with Crippen LogP contribution in [0.2, 0.25) is 0 Å². The average molecular weight is 399 g/mol. The summed E-state index contributed by atoms with van der Waals surface area (Å²) >= 11 is 0. The summed E-state index contributed by atoms with van der Waals surface area (Å²) in [5, 5.41) is 5.55. The van der Waals surface area contributed by atoms with Gasteiger partial charge in [0.2, 0.25) is 5.91 Å². The second kappa shape index (κ2) is 8.76. The Labute approximate surface area is 171 Å². The van der Waals surface area contributed by atoms with Crippen LogP contribution in [0.25, 0.3) is 0 Å². The van der Waals surface area contributed by atoms with Gasteiger partial charge < -0.3 is 9.64 Å². The number of piperidine rings is 1. The third-order valence-corrected chi connectivity index (χ3v) is 5.59. The van der Waals surface area contributed by atoms with E-state index in [-0.39, 0.29) is 30.4 Å². The largest absolute Gasteiger partial charge is 0.448 e. The monoisotopic (exact) mass is 399 g/mol. The van der Waals surface area contributed by atoms with Gasteiger partial charge in [-0.05, 0) is 56.7 Å². The lowest BCUT2D eigenvalue weighted by molar-refractivity contribution is -0.154. The van der Waals surface area contributed by atoms with E-state index in [0.717, 1.165) is 24.0 Å². The Bertz CT molecular complexity index is 840. The molecule has 0 bridgehead atoms. The van der Waals surface area contributed by atoms with Crippen LogP contribution in [0.1, 0.15) is 50.7 Å². The molecular weight excluding hydrogens is 370 g/mol. The first-order chi connectivity index (χ1) is 13.8. The van der Waals surface area contributed by atoms with E-state index in [9.17, 15) is 14.4 Å². The third kappa shape index (κ3) is 4.83. The van der Waals surface area contributed by atoms with Crippen molar-refractivity contribution < 1.29 is 19.1 Å². The fourth-order valence-electron chi connectivity index (χ4n) is 3.60. The summed E-state index contributed by atoms with van der Waals surface area (Å²) in [6.45, 7) is 8.98. The first-order valence-corrected chi connectivity index (χ1v) is 10.2. The van der Waals surface area contributed by atoms with Crippen LogP contribution in [0.4, 0.5) is 5.69 Å². The van der Waals surface area contributed by atoms with Gasteiger partial charge in [0.15, 0.2) is 6.10 Å². The van der Waals surface area contributed by atoms with E-state index >= 15 is 0 Å². The number of hydrogen-bond donors (Lipinski definition) is 0. The maximum absolute atomic E-state index is 12.6. The molecule has 1 saturated heterocycles. The molecule has 2 heterocycles. The molecule has 7 heteroatoms. The predicted molar refractivity (Wildman–Crippen MR) is 111 cm³/mol. The molecule has 0 N–H and O–H groups in total. The zero-order valence-electron chi connectivity index (χ0n) is 17.6. The van der Waals surface area contributed by atoms with Crippen molar-refractivity contribution in [1.82, 2.24) is 4.90 Å². The smallest absolute Gasteiger partial charge is 0.355 e. The molecule has 0 aliphatic carbocycles. The fraction of sp³-hybridized carbons (Fsp3) is 0.545. The molecule has 2 aliphatic heterocycles. The summed E-state index contributed by atoms with van der Waals surface area (Å²) in [6.07, 6.45) is 1.44. The van der Waals surface area contributed by atoms with Crippen LogP contribution in [0.5, 0.6) is 0 Å². The summed E-state index contributed by atoms with van der Waals surface area (Å²) in [5.41, 5.74) is 2.72. The molecule has 1 aromatic carbocycles. The molecule has 1 aromatic rings. The third-order valence-electron chi connectivity index (χ3n) is 5.59. The van der Waals surface area contributed by atoms with Crippen LogP contribution in [-0.2, 0) is 19.1 Å². The Hall–Kier alpha value is -2.70. The van der Waals surface area contributed by atoms with E-state index in [0.29, 0.717) is 24.7 Å². The molecule has 2 amide bonds. The minimum atomic E-state index is -0.870. The Morgan fingerprint density at radius 1 is 1.17 bits per heavy atom. The second-order valence-corrected chi connectivity index (χ2v) is 8.10. The van der Waals surface area contributed by atoms with Crippen molar-refractivity contribution in [2.75, 3.05) is 18.1 Å². The van der Waals surface area contributed by atoms with E-state index < -0.39 is 12.1 Å². The van der Waals surface area contributed by atoms with Crippen molar-refractivity contribution in [2.24, 2.45) is 11.0 Å². The molecule has 29 heavy (non-hydrogen) atoms. The lowest BCUT2D eigenvalue weighted by atomic mass is 9.99. The molecule has 0 aromatic heterocycles. The highest BCUT2D eigenvalue weighted by molar-refractivity contribution is 6.38. The summed E-state index contributed by atoms with van der Waals surface area (Å²) in [7, 11) is 0. The predicted octanol–water partition coefficient (Wildman–Crippen LogP) is 2.98. The Kier molecular flexibility index (Phi) is 6.35. The molecule has 1 fully saturated rings. The summed E-state index contributed by atoms with van der Waals surface area (Å²) in [5.74, 6) is -0.368. The van der Waals surface area contributed by atoms with E-state index in [1.54, 1.807) is 11.8 Å². The fourth-order valence-corrected chi connectivity index (χ4v) is 3.60. The number of ether oxygens (including phenoxy) is 1. The minimum Gasteiger partial charge on any atom is -0.448 e. The van der Waals surface area contributed by atoms with Crippen LogP contribution in [-0.4, -0.2) is 47.6 Å². The lowest BCUT2D eigenvalue weighted by Crippen LogP contribution is -2.45. The zero-order chi connectivity index (χ0) is 21.1. The van der Waals surface area contributed by atoms with Gasteiger partial charge in [-0.1, -0.05) is 19.1 Å². The highest BCUT2D eigenvalue weighted by atomic mass is 16.5. The van der Waals surface area contributed by atoms with Crippen molar-refractivity contribution in [3.8, 4) is 0 Å². The number of hydrazone groups is 1. The Balaban J connectivity index is 1.70. The molecule has 1 atom stereocenters. The van der Waals surface area contributed by atoms with Gasteiger partial charge in [-0.15, -0.1) is 0 Å². The molecular formula is C22H29N3O4. The molecule has 156 valence electrons. The Morgan fingerprint density at radius 3 is 2.55 bits per heavy atom. The minimum absolute atomic E-state index is 0.164. The zero-order valence-corrected chi connectivity index (χ0v) is 17.6. The molecule has 7 nitrogen and oxygen atoms in total. The van der Waals surface area contributed by atoms with Gasteiger partial charge in [-0.3, -0.25) is 9.59 Å². The molecule has 0 spiro atoms. The number of esters is 1. The first-order valence-electron chi connectivity index (χ1n) is 10.2. The number of amides is 2. The maximum atomic E-state index is 12.6. The number of hydrogen-bond acceptors (Lipinski definition) is 5. The van der Waals surface area contributed by atoms with E-state index in [1.165, 1.54) is 5.01 Å². The van der Waals surface area contributed by atoms with Crippen molar-refractivity contribution in [2.45, 2.75) is 59.5 Å². The molecule has 0 radical (unpaired) electrons. The highest BCUT2D eigenvalue weighted by Gasteiger charge is 2.31. The van der Waals surface area contributed by atoms with Gasteiger partial charge in [0.05, 0.1) is 5.69 Å². The Morgan fingerprint density at radius 2 is 1.86 bits per heavy atom. The normalized spacial score (nSPS) is 19.0. The van der Waals surface area contributed by atoms with Gasteiger partial charge >= 0.3 is 5.97 Å². The first kappa shape index (κ1) is 21.0. The highest BCUT2D eigenvalue weighted by Crippen LogP contribution is 2.26. The number of carbonyl (C=O) groups excluding carboxylic acids is 3. The number of carbonyl (C=O) groups is 3. The lowest BCUT2D eigenvalue weighted by Gasteiger charge is -2.32. The number of likely N-dealkylation sites (tertiary alicyclic amines) is 1. The van der Waals surface area contributed by atoms with Crippen LogP contribution in [0.15, 0.2) is 23.3 Å². The standard InChI is InChI=1S/C22H29N3O4/c1-14-9-11-24(12-10-14)21(27)17(4)29-22(28)18-7-8-20(26)25(23-18)19-13-15(2)5-6-16(19)3/h5-6,13-14,17H,7-12H2,1-4H3. The van der Waals surface area contributed by atoms with Gasteiger partial charge in [-0.25, -0.2) is 4.79 Å². The molecule has 1 unspecified atom stereocenters. The van der Waals surface area contributed by atoms with E-state index in [4.69, 9.17) is 4.74 Å². The quantitative estimate of drug-likeness (QED) is 0.729. The van der Waals surface area contributed by atoms with E-state index in [1.807, 2.05) is 32.0 Å². The van der Waals surface area contributed by atoms with Crippen molar-refractivity contribution >= 4 is 29.2 Å². The van der Waals surface area contributed by atoms with E-state index in [2.05, 4.69) is 12.0 Å². The maximum Gasteiger partial charge on any atom is 0.355 e. The van der Waals surface area contributed by atoms with Crippen molar-refractivity contribution in [3.05, 3.63) is 29.3 Å². The van der Waals surface area contributed by atoms with Crippen LogP contribution in [0.3, 0.4) is 0 Å². The molecule has 2 aliphatic rings. The van der Waals surface area contributed by atoms with Gasteiger partial charge in [0, 0.05) is 25.9 Å². The number of aryl methyl sites for hydroxylation is 2. The van der Waals surface area contributed by atoms with Gasteiger partial charge in [0.1, 0.15) is 5.71 Å². The van der Waals surface area contributed by atoms with Crippen LogP contribution >= 0.6 is 0 Å². The van der Waals surface area contributed by atoms with Gasteiger partial charge in [0.25, 0.3) is 5.91 Å². The van der Waals surface area contributed by atoms with Crippen molar-refractivity contribution in [1.29, 1.82) is 0 Å². The molecule has 0 saturated carbocycles. The SMILES string of the molecule is Cc1ccc(C)c(N2N=C(C(=O)OC(C)C(=O)N3CCC(C)CC3)CCC2=O)c1. The number of rotatable bonds is 4. The summed E-state index contributed by atoms with van der Waals surface area (Å²) < 4.78 is 5.41. The van der Waals surface area contributed by atoms with Gasteiger partial charge in [-0.2, -0.15) is 10.1 Å². The topological polar surface area (TPSA) is 79.3 Å². The summed E-state index contributed by atoms with van der Waals surface area (Å²) in [6, 6.07) is 5.75. The number of benzene rings is 1. The number of nitrogens with zero attached hydrogens (tertiary/aromatic N) is 3. The van der Waals surface area contributed by atoms with Crippen molar-refractivity contribution in [3.63, 3.8) is 0 Å².